The predicted octanol–water partition coefficient (Wildman–Crippen LogP) is 4.39. The van der Waals surface area contributed by atoms with E-state index in [2.05, 4.69) is 27.7 Å². The molecule has 0 N–H and O–H groups in total. The molecule has 1 atom stereocenters. The Morgan fingerprint density at radius 2 is 1.67 bits per heavy atom. The molecule has 0 amide bonds. The van der Waals surface area contributed by atoms with Gasteiger partial charge in [-0.3, -0.25) is 0 Å². The minimum absolute atomic E-state index is 0.626. The Kier molecular flexibility index (Phi) is 2.85. The zero-order chi connectivity index (χ0) is 9.24. The summed E-state index contributed by atoms with van der Waals surface area (Å²) < 4.78 is 0. The van der Waals surface area contributed by atoms with E-state index >= 15 is 0 Å². The Bertz CT molecular complexity index is 146. The van der Waals surface area contributed by atoms with Crippen LogP contribution in [0.2, 0.25) is 0 Å². The predicted molar refractivity (Wildman–Crippen MR) is 55.3 cm³/mol. The van der Waals surface area contributed by atoms with Crippen molar-refractivity contribution in [1.29, 1.82) is 0 Å². The fourth-order valence-electron chi connectivity index (χ4n) is 2.28. The summed E-state index contributed by atoms with van der Waals surface area (Å²) in [5, 5.41) is 0. The van der Waals surface area contributed by atoms with Gasteiger partial charge in [-0.25, -0.2) is 0 Å². The van der Waals surface area contributed by atoms with Crippen LogP contribution in [0.1, 0.15) is 66.2 Å². The van der Waals surface area contributed by atoms with Crippen molar-refractivity contribution >= 4 is 0 Å². The molecule has 1 rings (SSSR count). The first-order valence-corrected chi connectivity index (χ1v) is 5.52. The van der Waals surface area contributed by atoms with Crippen LogP contribution < -0.4 is 0 Å². The maximum Gasteiger partial charge on any atom is -0.0274 e. The number of rotatable bonds is 4. The average molecular weight is 168 g/mol. The van der Waals surface area contributed by atoms with Crippen molar-refractivity contribution in [2.24, 2.45) is 10.8 Å². The molecular formula is C12H24. The summed E-state index contributed by atoms with van der Waals surface area (Å²) in [5.41, 5.74) is 1.29. The van der Waals surface area contributed by atoms with E-state index in [9.17, 15) is 0 Å². The highest BCUT2D eigenvalue weighted by Gasteiger charge is 2.48. The summed E-state index contributed by atoms with van der Waals surface area (Å²) >= 11 is 0. The Balaban J connectivity index is 2.30. The molecule has 0 aliphatic heterocycles. The lowest BCUT2D eigenvalue weighted by Crippen LogP contribution is -2.44. The maximum atomic E-state index is 2.48. The zero-order valence-electron chi connectivity index (χ0n) is 9.24. The third-order valence-corrected chi connectivity index (χ3v) is 4.27. The van der Waals surface area contributed by atoms with Crippen molar-refractivity contribution < 1.29 is 0 Å². The fourth-order valence-corrected chi connectivity index (χ4v) is 2.28. The smallest absolute Gasteiger partial charge is 0.0274 e. The highest BCUT2D eigenvalue weighted by atomic mass is 14.5. The van der Waals surface area contributed by atoms with Gasteiger partial charge in [0.1, 0.15) is 0 Å². The highest BCUT2D eigenvalue weighted by molar-refractivity contribution is 4.98. The van der Waals surface area contributed by atoms with Crippen LogP contribution in [-0.2, 0) is 0 Å². The summed E-state index contributed by atoms with van der Waals surface area (Å²) in [5.74, 6) is 0. The topological polar surface area (TPSA) is 0 Å². The second-order valence-corrected chi connectivity index (χ2v) is 5.40. The van der Waals surface area contributed by atoms with E-state index < -0.39 is 0 Å². The van der Waals surface area contributed by atoms with Crippen molar-refractivity contribution in [3.05, 3.63) is 0 Å². The lowest BCUT2D eigenvalue weighted by atomic mass is 9.50. The van der Waals surface area contributed by atoms with Crippen LogP contribution in [0, 0.1) is 10.8 Å². The zero-order valence-corrected chi connectivity index (χ0v) is 9.24. The van der Waals surface area contributed by atoms with E-state index in [1.807, 2.05) is 0 Å². The Labute approximate surface area is 77.7 Å². The lowest BCUT2D eigenvalue weighted by Gasteiger charge is -2.55. The minimum Gasteiger partial charge on any atom is -0.0654 e. The Morgan fingerprint density at radius 3 is 2.00 bits per heavy atom. The van der Waals surface area contributed by atoms with Gasteiger partial charge in [0.15, 0.2) is 0 Å². The largest absolute Gasteiger partial charge is 0.0654 e. The minimum atomic E-state index is 0.626. The molecule has 1 unspecified atom stereocenters. The lowest BCUT2D eigenvalue weighted by molar-refractivity contribution is -0.0434. The van der Waals surface area contributed by atoms with Crippen molar-refractivity contribution in [2.75, 3.05) is 0 Å². The van der Waals surface area contributed by atoms with Crippen LogP contribution in [0.25, 0.3) is 0 Å². The highest BCUT2D eigenvalue weighted by Crippen LogP contribution is 2.58. The van der Waals surface area contributed by atoms with Crippen molar-refractivity contribution in [3.8, 4) is 0 Å². The normalized spacial score (nSPS) is 33.0. The molecule has 1 aliphatic carbocycles. The molecule has 0 nitrogen and oxygen atoms in total. The van der Waals surface area contributed by atoms with E-state index in [0.717, 1.165) is 0 Å². The summed E-state index contributed by atoms with van der Waals surface area (Å²) in [6.45, 7) is 9.63. The van der Waals surface area contributed by atoms with E-state index in [0.29, 0.717) is 10.8 Å². The summed E-state index contributed by atoms with van der Waals surface area (Å²) in [7, 11) is 0. The first kappa shape index (κ1) is 10.1. The molecule has 0 aromatic rings. The van der Waals surface area contributed by atoms with Crippen LogP contribution in [0.5, 0.6) is 0 Å². The van der Waals surface area contributed by atoms with Gasteiger partial charge in [0.25, 0.3) is 0 Å². The van der Waals surface area contributed by atoms with Gasteiger partial charge in [-0.2, -0.15) is 0 Å². The third-order valence-electron chi connectivity index (χ3n) is 4.27. The van der Waals surface area contributed by atoms with E-state index in [-0.39, 0.29) is 0 Å². The molecule has 0 radical (unpaired) electrons. The molecule has 72 valence electrons. The van der Waals surface area contributed by atoms with E-state index in [1.54, 1.807) is 0 Å². The SMILES string of the molecule is CCCCCC1(C)CCC1(C)C. The third kappa shape index (κ3) is 1.67. The quantitative estimate of drug-likeness (QED) is 0.546. The fraction of sp³-hybridized carbons (Fsp3) is 1.00. The van der Waals surface area contributed by atoms with Crippen molar-refractivity contribution in [2.45, 2.75) is 66.2 Å². The van der Waals surface area contributed by atoms with Gasteiger partial charge in [-0.15, -0.1) is 0 Å². The van der Waals surface area contributed by atoms with Gasteiger partial charge in [0.2, 0.25) is 0 Å². The summed E-state index contributed by atoms with van der Waals surface area (Å²) in [6.07, 6.45) is 8.58. The van der Waals surface area contributed by atoms with Crippen LogP contribution >= 0.6 is 0 Å². The van der Waals surface area contributed by atoms with Crippen molar-refractivity contribution in [1.82, 2.24) is 0 Å². The molecule has 1 fully saturated rings. The standard InChI is InChI=1S/C12H24/c1-5-6-7-8-12(4)10-9-11(12,2)3/h5-10H2,1-4H3. The first-order chi connectivity index (χ1) is 5.52. The van der Waals surface area contributed by atoms with Gasteiger partial charge in [-0.05, 0) is 30.1 Å². The van der Waals surface area contributed by atoms with Gasteiger partial charge in [0.05, 0.1) is 0 Å². The van der Waals surface area contributed by atoms with Gasteiger partial charge < -0.3 is 0 Å². The van der Waals surface area contributed by atoms with E-state index in [4.69, 9.17) is 0 Å². The van der Waals surface area contributed by atoms with Crippen LogP contribution in [0.4, 0.5) is 0 Å². The molecule has 0 bridgehead atoms. The molecule has 0 aromatic heterocycles. The Morgan fingerprint density at radius 1 is 1.00 bits per heavy atom. The van der Waals surface area contributed by atoms with Crippen molar-refractivity contribution in [3.63, 3.8) is 0 Å². The molecular weight excluding hydrogens is 144 g/mol. The summed E-state index contributed by atoms with van der Waals surface area (Å²) in [4.78, 5) is 0. The number of unbranched alkanes of at least 4 members (excludes halogenated alkanes) is 2. The van der Waals surface area contributed by atoms with Gasteiger partial charge in [0, 0.05) is 0 Å². The molecule has 0 heterocycles. The number of hydrogen-bond acceptors (Lipinski definition) is 0. The van der Waals surface area contributed by atoms with Crippen LogP contribution in [-0.4, -0.2) is 0 Å². The molecule has 0 aromatic carbocycles. The molecule has 1 aliphatic rings. The average Bonchev–Trinajstić information content (AvgIpc) is 2.03. The molecule has 1 saturated carbocycles. The van der Waals surface area contributed by atoms with Gasteiger partial charge >= 0.3 is 0 Å². The first-order valence-electron chi connectivity index (χ1n) is 5.52. The maximum absolute atomic E-state index is 2.48. The molecule has 0 heteroatoms. The molecule has 0 saturated heterocycles. The Hall–Kier alpha value is 0. The molecule has 0 spiro atoms. The van der Waals surface area contributed by atoms with Crippen LogP contribution in [0.3, 0.4) is 0 Å². The monoisotopic (exact) mass is 168 g/mol. The second kappa shape index (κ2) is 3.40. The van der Waals surface area contributed by atoms with Gasteiger partial charge in [-0.1, -0.05) is 47.0 Å². The second-order valence-electron chi connectivity index (χ2n) is 5.40. The van der Waals surface area contributed by atoms with Crippen LogP contribution in [0.15, 0.2) is 0 Å². The summed E-state index contributed by atoms with van der Waals surface area (Å²) in [6, 6.07) is 0. The molecule has 12 heavy (non-hydrogen) atoms. The number of hydrogen-bond donors (Lipinski definition) is 0. The van der Waals surface area contributed by atoms with E-state index in [1.165, 1.54) is 38.5 Å².